The van der Waals surface area contributed by atoms with Gasteiger partial charge in [0.2, 0.25) is 0 Å². The molecule has 0 radical (unpaired) electrons. The van der Waals surface area contributed by atoms with E-state index in [9.17, 15) is 4.39 Å². The van der Waals surface area contributed by atoms with Crippen molar-refractivity contribution in [3.05, 3.63) is 28.2 Å². The van der Waals surface area contributed by atoms with Crippen LogP contribution in [0, 0.1) is 11.2 Å². The highest BCUT2D eigenvalue weighted by Crippen LogP contribution is 2.29. The van der Waals surface area contributed by atoms with E-state index >= 15 is 0 Å². The van der Waals surface area contributed by atoms with Crippen LogP contribution in [0.1, 0.15) is 33.0 Å². The lowest BCUT2D eigenvalue weighted by atomic mass is 9.90. The Morgan fingerprint density at radius 3 is 2.70 bits per heavy atom. The number of hydrogen-bond donors (Lipinski definition) is 0. The molecule has 0 saturated heterocycles. The Hall–Kier alpha value is -0.610. The molecular formula is C15H19BrClFN2. The quantitative estimate of drug-likeness (QED) is 0.673. The van der Waals surface area contributed by atoms with Crippen LogP contribution in [0.4, 0.5) is 4.39 Å². The number of hydrogen-bond acceptors (Lipinski definition) is 1. The van der Waals surface area contributed by atoms with Gasteiger partial charge in [0.15, 0.2) is 0 Å². The summed E-state index contributed by atoms with van der Waals surface area (Å²) < 4.78 is 16.3. The normalized spacial score (nSPS) is 12.3. The molecule has 2 rings (SSSR count). The third-order valence-electron chi connectivity index (χ3n) is 3.73. The monoisotopic (exact) mass is 360 g/mol. The molecule has 0 aliphatic carbocycles. The van der Waals surface area contributed by atoms with Gasteiger partial charge in [-0.25, -0.2) is 9.37 Å². The molecule has 0 N–H and O–H groups in total. The Morgan fingerprint density at radius 2 is 2.10 bits per heavy atom. The summed E-state index contributed by atoms with van der Waals surface area (Å²) in [5, 5.41) is 0. The van der Waals surface area contributed by atoms with Gasteiger partial charge in [-0.2, -0.15) is 0 Å². The van der Waals surface area contributed by atoms with Crippen molar-refractivity contribution in [2.24, 2.45) is 5.41 Å². The number of nitrogens with zero attached hydrogens (tertiary/aromatic N) is 2. The van der Waals surface area contributed by atoms with Gasteiger partial charge >= 0.3 is 0 Å². The summed E-state index contributed by atoms with van der Waals surface area (Å²) in [6, 6.07) is 3.29. The van der Waals surface area contributed by atoms with Crippen molar-refractivity contribution in [2.75, 3.05) is 5.88 Å². The minimum absolute atomic E-state index is 0.162. The van der Waals surface area contributed by atoms with Crippen LogP contribution in [0.3, 0.4) is 0 Å². The van der Waals surface area contributed by atoms with Crippen LogP contribution >= 0.6 is 27.5 Å². The van der Waals surface area contributed by atoms with E-state index in [1.807, 2.05) is 0 Å². The van der Waals surface area contributed by atoms with Crippen LogP contribution < -0.4 is 0 Å². The SMILES string of the molecule is CCC(C)(C)Cn1c(CCCl)nc2cc(F)c(Br)cc21. The van der Waals surface area contributed by atoms with Crippen molar-refractivity contribution >= 4 is 38.6 Å². The van der Waals surface area contributed by atoms with E-state index in [-0.39, 0.29) is 11.2 Å². The molecule has 0 saturated carbocycles. The first-order valence-corrected chi connectivity index (χ1v) is 8.11. The van der Waals surface area contributed by atoms with E-state index in [4.69, 9.17) is 11.6 Å². The minimum atomic E-state index is -0.283. The number of halogens is 3. The summed E-state index contributed by atoms with van der Waals surface area (Å²) in [4.78, 5) is 4.54. The molecule has 2 nitrogen and oxygen atoms in total. The third kappa shape index (κ3) is 3.17. The standard InChI is InChI=1S/C15H19BrClFN2/c1-4-15(2,3)9-20-13-7-10(16)11(18)8-12(13)19-14(20)5-6-17/h7-8H,4-6,9H2,1-3H3. The topological polar surface area (TPSA) is 17.8 Å². The zero-order chi connectivity index (χ0) is 14.9. The maximum absolute atomic E-state index is 13.7. The van der Waals surface area contributed by atoms with Crippen LogP contribution in [-0.4, -0.2) is 15.4 Å². The van der Waals surface area contributed by atoms with Crippen LogP contribution in [-0.2, 0) is 13.0 Å². The Labute approximate surface area is 132 Å². The average molecular weight is 362 g/mol. The molecule has 5 heteroatoms. The number of imidazole rings is 1. The summed E-state index contributed by atoms with van der Waals surface area (Å²) >= 11 is 9.12. The molecule has 0 unspecified atom stereocenters. The molecule has 0 atom stereocenters. The predicted molar refractivity (Wildman–Crippen MR) is 85.9 cm³/mol. The molecule has 1 aromatic carbocycles. The van der Waals surface area contributed by atoms with E-state index in [0.29, 0.717) is 22.3 Å². The van der Waals surface area contributed by atoms with Crippen LogP contribution in [0.15, 0.2) is 16.6 Å². The van der Waals surface area contributed by atoms with Crippen molar-refractivity contribution in [1.29, 1.82) is 0 Å². The highest BCUT2D eigenvalue weighted by molar-refractivity contribution is 9.10. The number of aromatic nitrogens is 2. The molecule has 0 fully saturated rings. The number of fused-ring (bicyclic) bond motifs is 1. The smallest absolute Gasteiger partial charge is 0.139 e. The van der Waals surface area contributed by atoms with Gasteiger partial charge in [-0.05, 0) is 33.8 Å². The summed E-state index contributed by atoms with van der Waals surface area (Å²) in [5.74, 6) is 1.16. The lowest BCUT2D eigenvalue weighted by molar-refractivity contribution is 0.294. The fraction of sp³-hybridized carbons (Fsp3) is 0.533. The third-order valence-corrected chi connectivity index (χ3v) is 4.53. The Morgan fingerprint density at radius 1 is 1.40 bits per heavy atom. The molecule has 0 spiro atoms. The lowest BCUT2D eigenvalue weighted by Gasteiger charge is -2.24. The molecule has 0 bridgehead atoms. The van der Waals surface area contributed by atoms with E-state index in [1.54, 1.807) is 6.07 Å². The van der Waals surface area contributed by atoms with E-state index in [2.05, 4.69) is 46.3 Å². The maximum Gasteiger partial charge on any atom is 0.139 e. The van der Waals surface area contributed by atoms with Gasteiger partial charge in [0.1, 0.15) is 11.6 Å². The van der Waals surface area contributed by atoms with Gasteiger partial charge in [-0.1, -0.05) is 20.8 Å². The molecule has 0 aliphatic heterocycles. The van der Waals surface area contributed by atoms with Gasteiger partial charge in [-0.15, -0.1) is 11.6 Å². The number of benzene rings is 1. The molecule has 2 aromatic rings. The van der Waals surface area contributed by atoms with Gasteiger partial charge in [-0.3, -0.25) is 0 Å². The Kier molecular flexibility index (Phi) is 4.75. The zero-order valence-electron chi connectivity index (χ0n) is 12.0. The second kappa shape index (κ2) is 6.02. The van der Waals surface area contributed by atoms with Crippen LogP contribution in [0.2, 0.25) is 0 Å². The van der Waals surface area contributed by atoms with E-state index < -0.39 is 0 Å². The Balaban J connectivity index is 2.58. The molecule has 0 aliphatic rings. The van der Waals surface area contributed by atoms with Gasteiger partial charge in [0.25, 0.3) is 0 Å². The Bertz CT molecular complexity index is 622. The number of alkyl halides is 1. The first-order chi connectivity index (χ1) is 9.38. The molecule has 0 amide bonds. The fourth-order valence-electron chi connectivity index (χ4n) is 2.16. The second-order valence-electron chi connectivity index (χ2n) is 5.83. The van der Waals surface area contributed by atoms with Crippen molar-refractivity contribution in [3.8, 4) is 0 Å². The summed E-state index contributed by atoms with van der Waals surface area (Å²) in [7, 11) is 0. The summed E-state index contributed by atoms with van der Waals surface area (Å²) in [6.07, 6.45) is 1.75. The lowest BCUT2D eigenvalue weighted by Crippen LogP contribution is -2.20. The van der Waals surface area contributed by atoms with Crippen molar-refractivity contribution in [1.82, 2.24) is 9.55 Å². The van der Waals surface area contributed by atoms with Crippen LogP contribution in [0.5, 0.6) is 0 Å². The predicted octanol–water partition coefficient (Wildman–Crippen LogP) is 5.16. The van der Waals surface area contributed by atoms with E-state index in [1.165, 1.54) is 6.07 Å². The molecule has 1 heterocycles. The van der Waals surface area contributed by atoms with Gasteiger partial charge < -0.3 is 4.57 Å². The fourth-order valence-corrected chi connectivity index (χ4v) is 2.66. The summed E-state index contributed by atoms with van der Waals surface area (Å²) in [5.41, 5.74) is 1.81. The molecule has 110 valence electrons. The first kappa shape index (κ1) is 15.8. The highest BCUT2D eigenvalue weighted by atomic mass is 79.9. The zero-order valence-corrected chi connectivity index (χ0v) is 14.4. The minimum Gasteiger partial charge on any atom is -0.327 e. The second-order valence-corrected chi connectivity index (χ2v) is 7.06. The molecule has 1 aromatic heterocycles. The maximum atomic E-state index is 13.7. The highest BCUT2D eigenvalue weighted by Gasteiger charge is 2.21. The van der Waals surface area contributed by atoms with Gasteiger partial charge in [0.05, 0.1) is 15.5 Å². The largest absolute Gasteiger partial charge is 0.327 e. The average Bonchev–Trinajstić information content (AvgIpc) is 2.68. The van der Waals surface area contributed by atoms with Crippen molar-refractivity contribution < 1.29 is 4.39 Å². The van der Waals surface area contributed by atoms with Crippen molar-refractivity contribution in [2.45, 2.75) is 40.2 Å². The van der Waals surface area contributed by atoms with Crippen LogP contribution in [0.25, 0.3) is 11.0 Å². The summed E-state index contributed by atoms with van der Waals surface area (Å²) in [6.45, 7) is 7.48. The number of rotatable bonds is 5. The van der Waals surface area contributed by atoms with Crippen molar-refractivity contribution in [3.63, 3.8) is 0 Å². The molecular weight excluding hydrogens is 343 g/mol. The number of aryl methyl sites for hydroxylation is 1. The van der Waals surface area contributed by atoms with Gasteiger partial charge in [0, 0.05) is 24.9 Å². The van der Waals surface area contributed by atoms with E-state index in [0.717, 1.165) is 24.3 Å². The molecule has 20 heavy (non-hydrogen) atoms. The first-order valence-electron chi connectivity index (χ1n) is 6.78.